The van der Waals surface area contributed by atoms with Crippen LogP contribution in [0.4, 0.5) is 4.39 Å². The van der Waals surface area contributed by atoms with Crippen molar-refractivity contribution in [3.8, 4) is 11.5 Å². The van der Waals surface area contributed by atoms with Gasteiger partial charge >= 0.3 is 0 Å². The summed E-state index contributed by atoms with van der Waals surface area (Å²) in [7, 11) is 3.13. The molecule has 4 aromatic rings. The molecule has 41 heavy (non-hydrogen) atoms. The van der Waals surface area contributed by atoms with Gasteiger partial charge < -0.3 is 9.47 Å². The largest absolute Gasteiger partial charge is 0.497 e. The number of carbonyl (C=O) groups excluding carboxylic acids is 2. The molecule has 1 fully saturated rings. The van der Waals surface area contributed by atoms with E-state index in [-0.39, 0.29) is 17.4 Å². The second kappa shape index (κ2) is 12.5. The van der Waals surface area contributed by atoms with Gasteiger partial charge in [-0.3, -0.25) is 14.5 Å². The summed E-state index contributed by atoms with van der Waals surface area (Å²) in [5.41, 5.74) is 3.24. The van der Waals surface area contributed by atoms with Crippen LogP contribution in [0.1, 0.15) is 43.3 Å². The van der Waals surface area contributed by atoms with Gasteiger partial charge in [-0.25, -0.2) is 4.39 Å². The van der Waals surface area contributed by atoms with Gasteiger partial charge in [0, 0.05) is 48.5 Å². The fourth-order valence-corrected chi connectivity index (χ4v) is 6.00. The Morgan fingerprint density at radius 1 is 0.756 bits per heavy atom. The molecule has 0 radical (unpaired) electrons. The number of hydrogen-bond acceptors (Lipinski definition) is 5. The lowest BCUT2D eigenvalue weighted by Gasteiger charge is -2.43. The minimum atomic E-state index is -0.598. The standard InChI is InChI=1S/C35H34FNO4/c1-23-29(16-9-17-32(23)36)33-30(34(38)25-12-7-14-27(18-25)40-2)21-37(20-24-10-5-4-6-11-24)22-31(33)35(39)26-13-8-15-28(19-26)41-3/h4-19,30-31,33H,20-22H2,1-3H3/t30-,31+,33?. The molecule has 0 aromatic heterocycles. The Balaban J connectivity index is 1.64. The molecule has 4 aromatic carbocycles. The molecule has 5 nitrogen and oxygen atoms in total. The van der Waals surface area contributed by atoms with Crippen LogP contribution in [0.5, 0.6) is 11.5 Å². The van der Waals surface area contributed by atoms with E-state index in [1.54, 1.807) is 75.7 Å². The molecule has 1 saturated heterocycles. The zero-order valence-electron chi connectivity index (χ0n) is 23.5. The molecule has 0 saturated carbocycles. The maximum Gasteiger partial charge on any atom is 0.167 e. The number of ketones is 2. The van der Waals surface area contributed by atoms with Crippen LogP contribution in [-0.2, 0) is 6.54 Å². The van der Waals surface area contributed by atoms with Gasteiger partial charge in [-0.1, -0.05) is 66.7 Å². The molecule has 6 heteroatoms. The van der Waals surface area contributed by atoms with Crippen LogP contribution in [0.15, 0.2) is 97.1 Å². The highest BCUT2D eigenvalue weighted by Crippen LogP contribution is 2.43. The van der Waals surface area contributed by atoms with Crippen LogP contribution in [0, 0.1) is 24.6 Å². The number of Topliss-reactive ketones (excluding diaryl/α,β-unsaturated/α-hetero) is 2. The van der Waals surface area contributed by atoms with Crippen LogP contribution >= 0.6 is 0 Å². The number of carbonyl (C=O) groups is 2. The summed E-state index contributed by atoms with van der Waals surface area (Å²) < 4.78 is 25.8. The molecule has 1 heterocycles. The predicted molar refractivity (Wildman–Crippen MR) is 157 cm³/mol. The lowest BCUT2D eigenvalue weighted by atomic mass is 9.67. The summed E-state index contributed by atoms with van der Waals surface area (Å²) in [4.78, 5) is 30.9. The van der Waals surface area contributed by atoms with E-state index in [4.69, 9.17) is 9.47 Å². The second-order valence-corrected chi connectivity index (χ2v) is 10.6. The first-order chi connectivity index (χ1) is 19.9. The average Bonchev–Trinajstić information content (AvgIpc) is 3.02. The van der Waals surface area contributed by atoms with E-state index in [9.17, 15) is 14.0 Å². The molecule has 1 unspecified atom stereocenters. The smallest absolute Gasteiger partial charge is 0.167 e. The highest BCUT2D eigenvalue weighted by Gasteiger charge is 2.45. The molecule has 0 aliphatic carbocycles. The zero-order chi connectivity index (χ0) is 28.9. The summed E-state index contributed by atoms with van der Waals surface area (Å²) in [6.45, 7) is 3.15. The summed E-state index contributed by atoms with van der Waals surface area (Å²) in [5, 5.41) is 0. The van der Waals surface area contributed by atoms with Gasteiger partial charge in [0.15, 0.2) is 11.6 Å². The normalized spacial score (nSPS) is 19.0. The van der Waals surface area contributed by atoms with Crippen LogP contribution in [0.25, 0.3) is 0 Å². The van der Waals surface area contributed by atoms with E-state index in [0.29, 0.717) is 53.4 Å². The highest BCUT2D eigenvalue weighted by atomic mass is 19.1. The molecule has 0 spiro atoms. The Kier molecular flexibility index (Phi) is 8.60. The number of likely N-dealkylation sites (tertiary alicyclic amines) is 1. The monoisotopic (exact) mass is 551 g/mol. The molecule has 0 bridgehead atoms. The van der Waals surface area contributed by atoms with E-state index >= 15 is 0 Å². The highest BCUT2D eigenvalue weighted by molar-refractivity contribution is 6.02. The molecular formula is C35H34FNO4. The molecule has 3 atom stereocenters. The number of nitrogens with zero attached hydrogens (tertiary/aromatic N) is 1. The third-order valence-corrected chi connectivity index (χ3v) is 8.08. The third-order valence-electron chi connectivity index (χ3n) is 8.08. The Morgan fingerprint density at radius 2 is 1.29 bits per heavy atom. The average molecular weight is 552 g/mol. The fraction of sp³-hybridized carbons (Fsp3) is 0.257. The van der Waals surface area contributed by atoms with Crippen molar-refractivity contribution in [1.29, 1.82) is 0 Å². The van der Waals surface area contributed by atoms with Gasteiger partial charge in [0.25, 0.3) is 0 Å². The zero-order valence-corrected chi connectivity index (χ0v) is 23.5. The molecule has 1 aliphatic heterocycles. The predicted octanol–water partition coefficient (Wildman–Crippen LogP) is 6.75. The lowest BCUT2D eigenvalue weighted by molar-refractivity contribution is 0.0553. The van der Waals surface area contributed by atoms with E-state index in [1.165, 1.54) is 6.07 Å². The number of benzene rings is 4. The van der Waals surface area contributed by atoms with Gasteiger partial charge in [-0.15, -0.1) is 0 Å². The summed E-state index contributed by atoms with van der Waals surface area (Å²) in [6.07, 6.45) is 0. The minimum Gasteiger partial charge on any atom is -0.497 e. The first kappa shape index (κ1) is 28.2. The van der Waals surface area contributed by atoms with Crippen molar-refractivity contribution in [2.24, 2.45) is 11.8 Å². The minimum absolute atomic E-state index is 0.0984. The first-order valence-electron chi connectivity index (χ1n) is 13.8. The Bertz CT molecular complexity index is 1470. The summed E-state index contributed by atoms with van der Waals surface area (Å²) in [6, 6.07) is 29.1. The van der Waals surface area contributed by atoms with Gasteiger partial charge in [0.05, 0.1) is 14.2 Å². The summed E-state index contributed by atoms with van der Waals surface area (Å²) >= 11 is 0. The number of rotatable bonds is 9. The first-order valence-corrected chi connectivity index (χ1v) is 13.8. The quantitative estimate of drug-likeness (QED) is 0.216. The number of hydrogen-bond donors (Lipinski definition) is 0. The molecule has 1 aliphatic rings. The second-order valence-electron chi connectivity index (χ2n) is 10.6. The third kappa shape index (κ3) is 6.08. The molecule has 5 rings (SSSR count). The lowest BCUT2D eigenvalue weighted by Crippen LogP contribution is -2.50. The number of piperidine rings is 1. The van der Waals surface area contributed by atoms with Crippen molar-refractivity contribution in [2.75, 3.05) is 27.3 Å². The fourth-order valence-electron chi connectivity index (χ4n) is 6.00. The maximum absolute atomic E-state index is 15.0. The van der Waals surface area contributed by atoms with Crippen LogP contribution < -0.4 is 9.47 Å². The SMILES string of the molecule is COc1cccc(C(=O)[C@H]2CN(Cc3ccccc3)C[C@@H](C(=O)c3cccc(OC)c3)C2c2cccc(F)c2C)c1. The van der Waals surface area contributed by atoms with Crippen molar-refractivity contribution in [3.05, 3.63) is 131 Å². The van der Waals surface area contributed by atoms with Crippen LogP contribution in [-0.4, -0.2) is 43.8 Å². The molecule has 210 valence electrons. The maximum atomic E-state index is 15.0. The van der Waals surface area contributed by atoms with E-state index in [1.807, 2.05) is 36.4 Å². The Labute approximate surface area is 240 Å². The number of ether oxygens (including phenoxy) is 2. The van der Waals surface area contributed by atoms with Gasteiger partial charge in [0.2, 0.25) is 0 Å². The Hall–Kier alpha value is -4.29. The number of halogens is 1. The van der Waals surface area contributed by atoms with E-state index < -0.39 is 17.8 Å². The van der Waals surface area contributed by atoms with E-state index in [0.717, 1.165) is 5.56 Å². The van der Waals surface area contributed by atoms with E-state index in [2.05, 4.69) is 4.90 Å². The van der Waals surface area contributed by atoms with Crippen molar-refractivity contribution in [1.82, 2.24) is 4.90 Å². The Morgan fingerprint density at radius 3 is 1.83 bits per heavy atom. The van der Waals surface area contributed by atoms with Crippen molar-refractivity contribution in [2.45, 2.75) is 19.4 Å². The van der Waals surface area contributed by atoms with Crippen molar-refractivity contribution < 1.29 is 23.5 Å². The topological polar surface area (TPSA) is 55.8 Å². The van der Waals surface area contributed by atoms with Crippen molar-refractivity contribution >= 4 is 11.6 Å². The number of methoxy groups -OCH3 is 2. The van der Waals surface area contributed by atoms with Gasteiger partial charge in [-0.2, -0.15) is 0 Å². The van der Waals surface area contributed by atoms with Gasteiger partial charge in [0.1, 0.15) is 17.3 Å². The van der Waals surface area contributed by atoms with Gasteiger partial charge in [-0.05, 0) is 53.9 Å². The van der Waals surface area contributed by atoms with Crippen molar-refractivity contribution in [3.63, 3.8) is 0 Å². The van der Waals surface area contributed by atoms with Crippen LogP contribution in [0.3, 0.4) is 0 Å². The van der Waals surface area contributed by atoms with Crippen LogP contribution in [0.2, 0.25) is 0 Å². The summed E-state index contributed by atoms with van der Waals surface area (Å²) in [5.74, 6) is -1.12. The molecule has 0 amide bonds. The molecular weight excluding hydrogens is 517 g/mol. The molecule has 0 N–H and O–H groups in total.